The Bertz CT molecular complexity index is 844. The summed E-state index contributed by atoms with van der Waals surface area (Å²) in [5.74, 6) is -1.01. The highest BCUT2D eigenvalue weighted by Gasteiger charge is 2.36. The maximum atomic E-state index is 13.4. The number of piperazine rings is 1. The highest BCUT2D eigenvalue weighted by atomic mass is 35.5. The van der Waals surface area contributed by atoms with E-state index in [1.165, 1.54) is 28.0 Å². The van der Waals surface area contributed by atoms with Gasteiger partial charge < -0.3 is 9.80 Å². The van der Waals surface area contributed by atoms with Crippen molar-refractivity contribution in [3.05, 3.63) is 63.9 Å². The van der Waals surface area contributed by atoms with Crippen LogP contribution in [0.25, 0.3) is 0 Å². The molecule has 1 atom stereocenters. The van der Waals surface area contributed by atoms with Crippen molar-refractivity contribution in [1.82, 2.24) is 4.90 Å². The first-order chi connectivity index (χ1) is 11.9. The van der Waals surface area contributed by atoms with E-state index in [1.54, 1.807) is 31.2 Å². The summed E-state index contributed by atoms with van der Waals surface area (Å²) in [4.78, 5) is 28.4. The van der Waals surface area contributed by atoms with Crippen molar-refractivity contribution < 1.29 is 14.0 Å². The van der Waals surface area contributed by atoms with Gasteiger partial charge in [0.2, 0.25) is 5.91 Å². The lowest BCUT2D eigenvalue weighted by atomic mass is 10.1. The summed E-state index contributed by atoms with van der Waals surface area (Å²) < 4.78 is 13.4. The number of benzene rings is 2. The van der Waals surface area contributed by atoms with E-state index in [1.807, 2.05) is 0 Å². The number of anilines is 1. The van der Waals surface area contributed by atoms with Gasteiger partial charge >= 0.3 is 0 Å². The molecule has 0 spiro atoms. The average Bonchev–Trinajstić information content (AvgIpc) is 2.56. The molecule has 0 N–H and O–H groups in total. The van der Waals surface area contributed by atoms with Crippen LogP contribution in [0.5, 0.6) is 0 Å². The quantitative estimate of drug-likeness (QED) is 0.789. The fourth-order valence-corrected chi connectivity index (χ4v) is 3.36. The van der Waals surface area contributed by atoms with E-state index in [0.29, 0.717) is 22.8 Å². The van der Waals surface area contributed by atoms with Crippen LogP contribution in [0, 0.1) is 5.82 Å². The molecule has 0 bridgehead atoms. The molecule has 0 unspecified atom stereocenters. The number of halogens is 3. The second-order valence-electron chi connectivity index (χ2n) is 5.77. The molecule has 0 aromatic heterocycles. The molecule has 130 valence electrons. The highest BCUT2D eigenvalue weighted by molar-refractivity contribution is 6.36. The fraction of sp³-hybridized carbons (Fsp3) is 0.222. The zero-order valence-electron chi connectivity index (χ0n) is 13.4. The van der Waals surface area contributed by atoms with Gasteiger partial charge in [-0.25, -0.2) is 4.39 Å². The van der Waals surface area contributed by atoms with Crippen molar-refractivity contribution in [2.45, 2.75) is 13.0 Å². The Morgan fingerprint density at radius 2 is 1.92 bits per heavy atom. The normalized spacial score (nSPS) is 17.8. The number of nitrogens with zero attached hydrogens (tertiary/aromatic N) is 2. The van der Waals surface area contributed by atoms with Crippen molar-refractivity contribution in [3.63, 3.8) is 0 Å². The molecular formula is C18H15Cl2FN2O2. The first kappa shape index (κ1) is 17.7. The molecule has 3 rings (SSSR count). The molecule has 1 fully saturated rings. The third-order valence-electron chi connectivity index (χ3n) is 4.20. The van der Waals surface area contributed by atoms with Gasteiger partial charge in [-0.1, -0.05) is 29.3 Å². The predicted octanol–water partition coefficient (Wildman–Crippen LogP) is 4.01. The minimum atomic E-state index is -0.684. The van der Waals surface area contributed by atoms with E-state index in [0.717, 1.165) is 0 Å². The number of hydrogen-bond donors (Lipinski definition) is 0. The lowest BCUT2D eigenvalue weighted by molar-refractivity contribution is -0.124. The zero-order valence-corrected chi connectivity index (χ0v) is 14.9. The summed E-state index contributed by atoms with van der Waals surface area (Å²) in [5, 5.41) is 0.673. The average molecular weight is 381 g/mol. The Labute approximate surface area is 154 Å². The predicted molar refractivity (Wildman–Crippen MR) is 95.7 cm³/mol. The van der Waals surface area contributed by atoms with Gasteiger partial charge in [-0.2, -0.15) is 0 Å². The molecule has 1 heterocycles. The number of amides is 2. The van der Waals surface area contributed by atoms with Crippen LogP contribution < -0.4 is 4.90 Å². The minimum absolute atomic E-state index is 0.240. The molecule has 0 saturated carbocycles. The maximum Gasteiger partial charge on any atom is 0.256 e. The van der Waals surface area contributed by atoms with Gasteiger partial charge in [0.25, 0.3) is 5.91 Å². The van der Waals surface area contributed by atoms with Crippen LogP contribution in [0.15, 0.2) is 42.5 Å². The highest BCUT2D eigenvalue weighted by Crippen LogP contribution is 2.26. The van der Waals surface area contributed by atoms with Crippen LogP contribution in [0.4, 0.5) is 10.1 Å². The summed E-state index contributed by atoms with van der Waals surface area (Å²) in [5.41, 5.74) is 0.776. The van der Waals surface area contributed by atoms with Gasteiger partial charge in [-0.15, -0.1) is 0 Å². The van der Waals surface area contributed by atoms with Crippen LogP contribution in [-0.4, -0.2) is 35.8 Å². The third-order valence-corrected chi connectivity index (χ3v) is 4.75. The lowest BCUT2D eigenvalue weighted by Crippen LogP contribution is -2.57. The Kier molecular flexibility index (Phi) is 4.97. The van der Waals surface area contributed by atoms with E-state index in [-0.39, 0.29) is 23.4 Å². The van der Waals surface area contributed by atoms with E-state index < -0.39 is 11.9 Å². The molecule has 1 aliphatic rings. The molecule has 0 aliphatic carbocycles. The van der Waals surface area contributed by atoms with Gasteiger partial charge in [0.15, 0.2) is 0 Å². The van der Waals surface area contributed by atoms with E-state index >= 15 is 0 Å². The fourth-order valence-electron chi connectivity index (χ4n) is 2.87. The van der Waals surface area contributed by atoms with Crippen LogP contribution in [0.3, 0.4) is 0 Å². The van der Waals surface area contributed by atoms with Gasteiger partial charge in [0, 0.05) is 23.8 Å². The molecule has 4 nitrogen and oxygen atoms in total. The second kappa shape index (κ2) is 7.02. The van der Waals surface area contributed by atoms with Crippen molar-refractivity contribution in [2.75, 3.05) is 18.0 Å². The van der Waals surface area contributed by atoms with Crippen molar-refractivity contribution in [2.24, 2.45) is 0 Å². The first-order valence-corrected chi connectivity index (χ1v) is 8.47. The molecule has 7 heteroatoms. The SMILES string of the molecule is C[C@@H]1C(=O)N(c2cccc(F)c2)CCN1C(=O)c1ccc(Cl)cc1Cl. The second-order valence-corrected chi connectivity index (χ2v) is 6.61. The third kappa shape index (κ3) is 3.48. The Balaban J connectivity index is 1.83. The van der Waals surface area contributed by atoms with E-state index in [2.05, 4.69) is 0 Å². The monoisotopic (exact) mass is 380 g/mol. The summed E-state index contributed by atoms with van der Waals surface area (Å²) in [6.45, 7) is 2.25. The molecule has 1 aliphatic heterocycles. The largest absolute Gasteiger partial charge is 0.325 e. The maximum absolute atomic E-state index is 13.4. The van der Waals surface area contributed by atoms with Crippen molar-refractivity contribution >= 4 is 40.7 Å². The number of carbonyl (C=O) groups is 2. The standard InChI is InChI=1S/C18H15Cl2FN2O2/c1-11-17(24)23(14-4-2-3-13(21)10-14)8-7-22(11)18(25)15-6-5-12(19)9-16(15)20/h2-6,9-11H,7-8H2,1H3/t11-/m1/s1. The summed E-state index contributed by atoms with van der Waals surface area (Å²) in [6.07, 6.45) is 0. The Morgan fingerprint density at radius 3 is 2.60 bits per heavy atom. The van der Waals surface area contributed by atoms with Gasteiger partial charge in [0.1, 0.15) is 11.9 Å². The topological polar surface area (TPSA) is 40.6 Å². The van der Waals surface area contributed by atoms with Crippen LogP contribution >= 0.6 is 23.2 Å². The van der Waals surface area contributed by atoms with Crippen molar-refractivity contribution in [3.8, 4) is 0 Å². The Hall–Kier alpha value is -2.11. The van der Waals surface area contributed by atoms with E-state index in [9.17, 15) is 14.0 Å². The Morgan fingerprint density at radius 1 is 1.16 bits per heavy atom. The lowest BCUT2D eigenvalue weighted by Gasteiger charge is -2.39. The van der Waals surface area contributed by atoms with Crippen LogP contribution in [0.1, 0.15) is 17.3 Å². The summed E-state index contributed by atoms with van der Waals surface area (Å²) >= 11 is 12.0. The van der Waals surface area contributed by atoms with E-state index in [4.69, 9.17) is 23.2 Å². The summed E-state index contributed by atoms with van der Waals surface area (Å²) in [7, 11) is 0. The first-order valence-electron chi connectivity index (χ1n) is 7.71. The van der Waals surface area contributed by atoms with Crippen LogP contribution in [0.2, 0.25) is 10.0 Å². The van der Waals surface area contributed by atoms with Gasteiger partial charge in [-0.3, -0.25) is 9.59 Å². The minimum Gasteiger partial charge on any atom is -0.325 e. The van der Waals surface area contributed by atoms with Gasteiger partial charge in [-0.05, 0) is 43.3 Å². The molecule has 1 saturated heterocycles. The smallest absolute Gasteiger partial charge is 0.256 e. The molecule has 2 amide bonds. The molecule has 25 heavy (non-hydrogen) atoms. The molecular weight excluding hydrogens is 366 g/mol. The number of rotatable bonds is 2. The van der Waals surface area contributed by atoms with Crippen molar-refractivity contribution in [1.29, 1.82) is 0 Å². The number of hydrogen-bond acceptors (Lipinski definition) is 2. The zero-order chi connectivity index (χ0) is 18.1. The molecule has 2 aromatic carbocycles. The summed E-state index contributed by atoms with van der Waals surface area (Å²) in [6, 6.07) is 9.77. The van der Waals surface area contributed by atoms with Gasteiger partial charge in [0.05, 0.1) is 10.6 Å². The molecule has 2 aromatic rings. The molecule has 0 radical (unpaired) electrons. The van der Waals surface area contributed by atoms with Crippen LogP contribution in [-0.2, 0) is 4.79 Å². The number of carbonyl (C=O) groups excluding carboxylic acids is 2.